The first-order chi connectivity index (χ1) is 11.1. The van der Waals surface area contributed by atoms with E-state index in [2.05, 4.69) is 20.1 Å². The van der Waals surface area contributed by atoms with E-state index < -0.39 is 0 Å². The molecule has 6 nitrogen and oxygen atoms in total. The van der Waals surface area contributed by atoms with E-state index in [0.717, 1.165) is 28.3 Å². The molecule has 0 aliphatic carbocycles. The molecule has 23 heavy (non-hydrogen) atoms. The van der Waals surface area contributed by atoms with Crippen LogP contribution in [0.1, 0.15) is 11.4 Å². The lowest BCUT2D eigenvalue weighted by atomic mass is 10.1. The molecule has 3 aromatic heterocycles. The van der Waals surface area contributed by atoms with Gasteiger partial charge >= 0.3 is 5.69 Å². The summed E-state index contributed by atoms with van der Waals surface area (Å²) < 4.78 is 1.92. The number of pyridine rings is 1. The number of imidazole rings is 1. The zero-order valence-electron chi connectivity index (χ0n) is 12.8. The van der Waals surface area contributed by atoms with Gasteiger partial charge in [-0.05, 0) is 44.2 Å². The number of rotatable bonds is 2. The summed E-state index contributed by atoms with van der Waals surface area (Å²) in [5.74, 6) is 0. The van der Waals surface area contributed by atoms with E-state index in [9.17, 15) is 4.79 Å². The molecule has 0 radical (unpaired) electrons. The summed E-state index contributed by atoms with van der Waals surface area (Å²) in [5, 5.41) is 4.48. The Labute approximate surface area is 131 Å². The second-order valence-electron chi connectivity index (χ2n) is 5.56. The van der Waals surface area contributed by atoms with E-state index in [1.165, 1.54) is 0 Å². The number of nitrogens with one attached hydrogen (secondary N) is 2. The molecule has 4 rings (SSSR count). The molecule has 3 heterocycles. The highest BCUT2D eigenvalue weighted by atomic mass is 16.1. The van der Waals surface area contributed by atoms with Crippen LogP contribution >= 0.6 is 0 Å². The molecule has 0 unspecified atom stereocenters. The van der Waals surface area contributed by atoms with Crippen LogP contribution in [0.15, 0.2) is 47.3 Å². The topological polar surface area (TPSA) is 79.4 Å². The summed E-state index contributed by atoms with van der Waals surface area (Å²) in [6.45, 7) is 4.01. The minimum atomic E-state index is -0.246. The van der Waals surface area contributed by atoms with Crippen LogP contribution in [0.4, 0.5) is 0 Å². The second kappa shape index (κ2) is 4.95. The van der Waals surface area contributed by atoms with Crippen molar-refractivity contribution in [2.45, 2.75) is 13.8 Å². The summed E-state index contributed by atoms with van der Waals surface area (Å²) >= 11 is 0. The molecule has 114 valence electrons. The van der Waals surface area contributed by atoms with Crippen LogP contribution in [-0.2, 0) is 0 Å². The molecule has 0 saturated carbocycles. The van der Waals surface area contributed by atoms with Crippen LogP contribution in [0.2, 0.25) is 0 Å². The van der Waals surface area contributed by atoms with Gasteiger partial charge in [-0.3, -0.25) is 4.98 Å². The van der Waals surface area contributed by atoms with Crippen LogP contribution in [0, 0.1) is 13.8 Å². The van der Waals surface area contributed by atoms with Crippen molar-refractivity contribution in [3.63, 3.8) is 0 Å². The van der Waals surface area contributed by atoms with Crippen LogP contribution in [-0.4, -0.2) is 24.7 Å². The van der Waals surface area contributed by atoms with Gasteiger partial charge < -0.3 is 4.98 Å². The van der Waals surface area contributed by atoms with E-state index in [4.69, 9.17) is 0 Å². The summed E-state index contributed by atoms with van der Waals surface area (Å²) in [7, 11) is 0. The standard InChI is InChI=1S/C17H15N5O/c1-10-9-11(2)22(21-10)13-5-3-12(4-6-13)14-7-8-15-16(18-14)20-17(23)19-15/h3-9H,1-2H3,(H2,18,19,20,23). The maximum Gasteiger partial charge on any atom is 0.325 e. The quantitative estimate of drug-likeness (QED) is 0.597. The molecule has 6 heteroatoms. The van der Waals surface area contributed by atoms with E-state index >= 15 is 0 Å². The molecule has 0 amide bonds. The fraction of sp³-hybridized carbons (Fsp3) is 0.118. The van der Waals surface area contributed by atoms with Crippen LogP contribution in [0.3, 0.4) is 0 Å². The van der Waals surface area contributed by atoms with Gasteiger partial charge in [-0.2, -0.15) is 5.10 Å². The average Bonchev–Trinajstić information content (AvgIpc) is 3.07. The Balaban J connectivity index is 1.74. The van der Waals surface area contributed by atoms with Gasteiger partial charge in [0.25, 0.3) is 0 Å². The second-order valence-corrected chi connectivity index (χ2v) is 5.56. The molecule has 0 bridgehead atoms. The molecule has 4 aromatic rings. The van der Waals surface area contributed by atoms with Gasteiger partial charge in [-0.15, -0.1) is 0 Å². The monoisotopic (exact) mass is 305 g/mol. The number of aryl methyl sites for hydroxylation is 2. The lowest BCUT2D eigenvalue weighted by Gasteiger charge is -2.06. The Morgan fingerprint density at radius 3 is 2.48 bits per heavy atom. The van der Waals surface area contributed by atoms with E-state index in [0.29, 0.717) is 11.2 Å². The molecular formula is C17H15N5O. The van der Waals surface area contributed by atoms with Crippen molar-refractivity contribution in [1.82, 2.24) is 24.7 Å². The number of hydrogen-bond donors (Lipinski definition) is 2. The maximum absolute atomic E-state index is 11.3. The summed E-state index contributed by atoms with van der Waals surface area (Å²) in [6.07, 6.45) is 0. The highest BCUT2D eigenvalue weighted by Gasteiger charge is 2.06. The van der Waals surface area contributed by atoms with Gasteiger partial charge in [0, 0.05) is 11.3 Å². The molecule has 0 fully saturated rings. The molecule has 0 aliphatic rings. The fourth-order valence-corrected chi connectivity index (χ4v) is 2.74. The van der Waals surface area contributed by atoms with Crippen molar-refractivity contribution < 1.29 is 0 Å². The van der Waals surface area contributed by atoms with Crippen molar-refractivity contribution in [1.29, 1.82) is 0 Å². The molecule has 1 aromatic carbocycles. The van der Waals surface area contributed by atoms with E-state index in [-0.39, 0.29) is 5.69 Å². The van der Waals surface area contributed by atoms with E-state index in [1.54, 1.807) is 0 Å². The summed E-state index contributed by atoms with van der Waals surface area (Å²) in [6, 6.07) is 13.8. The van der Waals surface area contributed by atoms with Crippen molar-refractivity contribution >= 4 is 11.2 Å². The van der Waals surface area contributed by atoms with Crippen molar-refractivity contribution in [3.05, 3.63) is 64.3 Å². The minimum Gasteiger partial charge on any atom is -0.304 e. The van der Waals surface area contributed by atoms with Gasteiger partial charge in [0.1, 0.15) is 0 Å². The minimum absolute atomic E-state index is 0.246. The third-order valence-corrected chi connectivity index (χ3v) is 3.79. The Kier molecular flexibility index (Phi) is 2.90. The number of aromatic nitrogens is 5. The molecule has 0 aliphatic heterocycles. The Hall–Kier alpha value is -3.15. The fourth-order valence-electron chi connectivity index (χ4n) is 2.74. The third kappa shape index (κ3) is 2.34. The summed E-state index contributed by atoms with van der Waals surface area (Å²) in [4.78, 5) is 21.2. The highest BCUT2D eigenvalue weighted by molar-refractivity contribution is 5.74. The first-order valence-corrected chi connectivity index (χ1v) is 7.33. The Morgan fingerprint density at radius 1 is 1.00 bits per heavy atom. The first-order valence-electron chi connectivity index (χ1n) is 7.33. The van der Waals surface area contributed by atoms with Gasteiger partial charge in [-0.1, -0.05) is 12.1 Å². The predicted molar refractivity (Wildman–Crippen MR) is 88.7 cm³/mol. The predicted octanol–water partition coefficient (Wildman–Crippen LogP) is 2.72. The lowest BCUT2D eigenvalue weighted by Crippen LogP contribution is -1.99. The zero-order valence-corrected chi connectivity index (χ0v) is 12.8. The number of fused-ring (bicyclic) bond motifs is 1. The number of benzene rings is 1. The van der Waals surface area contributed by atoms with E-state index in [1.807, 2.05) is 61.0 Å². The number of aromatic amines is 2. The van der Waals surface area contributed by atoms with Crippen molar-refractivity contribution in [2.75, 3.05) is 0 Å². The lowest BCUT2D eigenvalue weighted by molar-refractivity contribution is 0.834. The highest BCUT2D eigenvalue weighted by Crippen LogP contribution is 2.21. The SMILES string of the molecule is Cc1cc(C)n(-c2ccc(-c3ccc4[nH]c(=O)[nH]c4n3)cc2)n1. The Bertz CT molecular complexity index is 1050. The zero-order chi connectivity index (χ0) is 16.0. The molecule has 0 spiro atoms. The molecule has 0 saturated heterocycles. The third-order valence-electron chi connectivity index (χ3n) is 3.79. The van der Waals surface area contributed by atoms with Gasteiger partial charge in [0.05, 0.1) is 22.6 Å². The number of hydrogen-bond acceptors (Lipinski definition) is 3. The molecule has 2 N–H and O–H groups in total. The maximum atomic E-state index is 11.3. The van der Waals surface area contributed by atoms with Gasteiger partial charge in [0.15, 0.2) is 5.65 Å². The van der Waals surface area contributed by atoms with Crippen LogP contribution in [0.25, 0.3) is 28.1 Å². The largest absolute Gasteiger partial charge is 0.325 e. The molecule has 0 atom stereocenters. The van der Waals surface area contributed by atoms with Crippen molar-refractivity contribution in [3.8, 4) is 16.9 Å². The van der Waals surface area contributed by atoms with Gasteiger partial charge in [-0.25, -0.2) is 14.5 Å². The summed E-state index contributed by atoms with van der Waals surface area (Å²) in [5.41, 5.74) is 5.93. The van der Waals surface area contributed by atoms with Crippen LogP contribution in [0.5, 0.6) is 0 Å². The van der Waals surface area contributed by atoms with Gasteiger partial charge in [0.2, 0.25) is 0 Å². The van der Waals surface area contributed by atoms with Crippen molar-refractivity contribution in [2.24, 2.45) is 0 Å². The number of nitrogens with zero attached hydrogens (tertiary/aromatic N) is 3. The van der Waals surface area contributed by atoms with Crippen LogP contribution < -0.4 is 5.69 Å². The first kappa shape index (κ1) is 13.5. The molecular weight excluding hydrogens is 290 g/mol. The normalized spacial score (nSPS) is 11.2. The smallest absolute Gasteiger partial charge is 0.304 e. The average molecular weight is 305 g/mol. The Morgan fingerprint density at radius 2 is 1.78 bits per heavy atom. The number of H-pyrrole nitrogens is 2.